The lowest BCUT2D eigenvalue weighted by Crippen LogP contribution is -2.30. The highest BCUT2D eigenvalue weighted by molar-refractivity contribution is 9.10. The van der Waals surface area contributed by atoms with Crippen LogP contribution in [-0.4, -0.2) is 19.8 Å². The van der Waals surface area contributed by atoms with Crippen LogP contribution < -0.4 is 5.32 Å². The SMILES string of the molecule is CCCNC(c1cc(C)c(Br)cc1C)C1CCOC1. The van der Waals surface area contributed by atoms with Gasteiger partial charge in [0.25, 0.3) is 0 Å². The Morgan fingerprint density at radius 3 is 2.79 bits per heavy atom. The van der Waals surface area contributed by atoms with Crippen LogP contribution in [0.2, 0.25) is 0 Å². The van der Waals surface area contributed by atoms with E-state index in [1.807, 2.05) is 0 Å². The highest BCUT2D eigenvalue weighted by Gasteiger charge is 2.27. The number of ether oxygens (including phenoxy) is 1. The molecule has 1 aromatic rings. The quantitative estimate of drug-likeness (QED) is 0.878. The lowest BCUT2D eigenvalue weighted by Gasteiger charge is -2.26. The third-order valence-electron chi connectivity index (χ3n) is 3.93. The predicted molar refractivity (Wildman–Crippen MR) is 83.6 cm³/mol. The van der Waals surface area contributed by atoms with Crippen LogP contribution in [0.15, 0.2) is 16.6 Å². The molecule has 0 bridgehead atoms. The van der Waals surface area contributed by atoms with E-state index in [2.05, 4.69) is 54.2 Å². The van der Waals surface area contributed by atoms with Gasteiger partial charge in [-0.15, -0.1) is 0 Å². The minimum absolute atomic E-state index is 0.425. The summed E-state index contributed by atoms with van der Waals surface area (Å²) in [6.07, 6.45) is 2.33. The largest absolute Gasteiger partial charge is 0.381 e. The molecule has 0 radical (unpaired) electrons. The highest BCUT2D eigenvalue weighted by atomic mass is 79.9. The standard InChI is InChI=1S/C16H24BrNO/c1-4-6-18-16(13-5-7-19-10-13)14-8-12(3)15(17)9-11(14)2/h8-9,13,16,18H,4-7,10H2,1-3H3. The lowest BCUT2D eigenvalue weighted by atomic mass is 9.88. The fraction of sp³-hybridized carbons (Fsp3) is 0.625. The van der Waals surface area contributed by atoms with Crippen LogP contribution in [0.25, 0.3) is 0 Å². The first-order valence-corrected chi connectivity index (χ1v) is 8.00. The van der Waals surface area contributed by atoms with Crippen molar-refractivity contribution in [3.8, 4) is 0 Å². The van der Waals surface area contributed by atoms with Crippen LogP contribution in [0.4, 0.5) is 0 Å². The van der Waals surface area contributed by atoms with Gasteiger partial charge in [0.2, 0.25) is 0 Å². The number of hydrogen-bond donors (Lipinski definition) is 1. The Bertz CT molecular complexity index is 427. The van der Waals surface area contributed by atoms with Crippen molar-refractivity contribution in [3.63, 3.8) is 0 Å². The molecule has 19 heavy (non-hydrogen) atoms. The van der Waals surface area contributed by atoms with E-state index in [1.165, 1.54) is 27.6 Å². The van der Waals surface area contributed by atoms with Crippen molar-refractivity contribution >= 4 is 15.9 Å². The van der Waals surface area contributed by atoms with Gasteiger partial charge in [-0.3, -0.25) is 0 Å². The molecule has 2 atom stereocenters. The molecule has 2 rings (SSSR count). The topological polar surface area (TPSA) is 21.3 Å². The normalized spacial score (nSPS) is 20.7. The van der Waals surface area contributed by atoms with E-state index in [9.17, 15) is 0 Å². The molecular formula is C16H24BrNO. The summed E-state index contributed by atoms with van der Waals surface area (Å²) in [6, 6.07) is 4.99. The number of benzene rings is 1. The van der Waals surface area contributed by atoms with Crippen molar-refractivity contribution in [2.45, 2.75) is 39.7 Å². The van der Waals surface area contributed by atoms with Crippen LogP contribution in [0, 0.1) is 19.8 Å². The fourth-order valence-electron chi connectivity index (χ4n) is 2.78. The summed E-state index contributed by atoms with van der Waals surface area (Å²) in [6.45, 7) is 9.44. The van der Waals surface area contributed by atoms with E-state index in [4.69, 9.17) is 4.74 Å². The zero-order valence-corrected chi connectivity index (χ0v) is 13.7. The van der Waals surface area contributed by atoms with E-state index in [1.54, 1.807) is 0 Å². The Morgan fingerprint density at radius 1 is 1.37 bits per heavy atom. The maximum absolute atomic E-state index is 5.58. The van der Waals surface area contributed by atoms with Crippen molar-refractivity contribution in [1.82, 2.24) is 5.32 Å². The Balaban J connectivity index is 2.28. The van der Waals surface area contributed by atoms with Crippen molar-refractivity contribution < 1.29 is 4.74 Å². The molecule has 1 heterocycles. The number of halogens is 1. The van der Waals surface area contributed by atoms with E-state index in [-0.39, 0.29) is 0 Å². The van der Waals surface area contributed by atoms with Gasteiger partial charge in [0.1, 0.15) is 0 Å². The maximum Gasteiger partial charge on any atom is 0.0513 e. The summed E-state index contributed by atoms with van der Waals surface area (Å²) in [5, 5.41) is 3.72. The van der Waals surface area contributed by atoms with Gasteiger partial charge in [0, 0.05) is 23.0 Å². The summed E-state index contributed by atoms with van der Waals surface area (Å²) in [5.41, 5.74) is 4.10. The molecule has 0 spiro atoms. The van der Waals surface area contributed by atoms with E-state index < -0.39 is 0 Å². The maximum atomic E-state index is 5.58. The van der Waals surface area contributed by atoms with Gasteiger partial charge in [-0.25, -0.2) is 0 Å². The molecule has 3 heteroatoms. The second-order valence-electron chi connectivity index (χ2n) is 5.51. The highest BCUT2D eigenvalue weighted by Crippen LogP contribution is 2.33. The Labute approximate surface area is 125 Å². The van der Waals surface area contributed by atoms with Gasteiger partial charge in [-0.2, -0.15) is 0 Å². The molecule has 2 nitrogen and oxygen atoms in total. The van der Waals surface area contributed by atoms with Crippen LogP contribution in [0.1, 0.15) is 42.5 Å². The molecule has 1 N–H and O–H groups in total. The third kappa shape index (κ3) is 3.59. The number of aryl methyl sites for hydroxylation is 2. The first-order valence-electron chi connectivity index (χ1n) is 7.21. The molecule has 1 aromatic carbocycles. The van der Waals surface area contributed by atoms with E-state index in [0.29, 0.717) is 12.0 Å². The smallest absolute Gasteiger partial charge is 0.0513 e. The Morgan fingerprint density at radius 2 is 2.16 bits per heavy atom. The third-order valence-corrected chi connectivity index (χ3v) is 4.79. The predicted octanol–water partition coefficient (Wildman–Crippen LogP) is 4.14. The van der Waals surface area contributed by atoms with Crippen molar-refractivity contribution in [2.75, 3.05) is 19.8 Å². The summed E-state index contributed by atoms with van der Waals surface area (Å²) in [4.78, 5) is 0. The molecule has 106 valence electrons. The molecule has 0 amide bonds. The summed E-state index contributed by atoms with van der Waals surface area (Å²) in [7, 11) is 0. The van der Waals surface area contributed by atoms with Crippen molar-refractivity contribution in [2.24, 2.45) is 5.92 Å². The molecule has 1 fully saturated rings. The Hall–Kier alpha value is -0.380. The fourth-order valence-corrected chi connectivity index (χ4v) is 3.24. The van der Waals surface area contributed by atoms with Gasteiger partial charge in [0.15, 0.2) is 0 Å². The first-order chi connectivity index (χ1) is 9.13. The van der Waals surface area contributed by atoms with Crippen LogP contribution in [0.5, 0.6) is 0 Å². The first kappa shape index (κ1) is 15.0. The molecule has 0 saturated carbocycles. The van der Waals surface area contributed by atoms with Crippen LogP contribution in [-0.2, 0) is 4.74 Å². The number of nitrogens with one attached hydrogen (secondary N) is 1. The van der Waals surface area contributed by atoms with Gasteiger partial charge in [0.05, 0.1) is 6.61 Å². The lowest BCUT2D eigenvalue weighted by molar-refractivity contribution is 0.176. The van der Waals surface area contributed by atoms with E-state index >= 15 is 0 Å². The second-order valence-corrected chi connectivity index (χ2v) is 6.37. The van der Waals surface area contributed by atoms with Crippen molar-refractivity contribution in [1.29, 1.82) is 0 Å². The number of rotatable bonds is 5. The van der Waals surface area contributed by atoms with Gasteiger partial charge in [-0.05, 0) is 56.0 Å². The minimum atomic E-state index is 0.425. The molecule has 1 aliphatic rings. The molecule has 2 unspecified atom stereocenters. The summed E-state index contributed by atoms with van der Waals surface area (Å²) < 4.78 is 6.78. The second kappa shape index (κ2) is 6.87. The van der Waals surface area contributed by atoms with Crippen molar-refractivity contribution in [3.05, 3.63) is 33.3 Å². The van der Waals surface area contributed by atoms with Gasteiger partial charge in [-0.1, -0.05) is 28.9 Å². The molecule has 1 saturated heterocycles. The van der Waals surface area contributed by atoms with Crippen LogP contribution >= 0.6 is 15.9 Å². The zero-order valence-electron chi connectivity index (χ0n) is 12.1. The van der Waals surface area contributed by atoms with Crippen LogP contribution in [0.3, 0.4) is 0 Å². The average Bonchev–Trinajstić information content (AvgIpc) is 2.89. The summed E-state index contributed by atoms with van der Waals surface area (Å²) in [5.74, 6) is 0.603. The molecule has 1 aliphatic heterocycles. The van der Waals surface area contributed by atoms with Gasteiger partial charge >= 0.3 is 0 Å². The molecular weight excluding hydrogens is 302 g/mol. The summed E-state index contributed by atoms with van der Waals surface area (Å²) >= 11 is 3.62. The number of hydrogen-bond acceptors (Lipinski definition) is 2. The average molecular weight is 326 g/mol. The zero-order chi connectivity index (χ0) is 13.8. The minimum Gasteiger partial charge on any atom is -0.381 e. The van der Waals surface area contributed by atoms with E-state index in [0.717, 1.165) is 26.2 Å². The molecule has 0 aliphatic carbocycles. The Kier molecular flexibility index (Phi) is 5.43. The molecule has 0 aromatic heterocycles. The monoisotopic (exact) mass is 325 g/mol. The van der Waals surface area contributed by atoms with Gasteiger partial charge < -0.3 is 10.1 Å².